The molecule has 1 aliphatic heterocycles. The minimum atomic E-state index is -0.262. The monoisotopic (exact) mass is 354 g/mol. The molecule has 26 heavy (non-hydrogen) atoms. The third-order valence-electron chi connectivity index (χ3n) is 4.91. The molecule has 1 atom stereocenters. The summed E-state index contributed by atoms with van der Waals surface area (Å²) in [6.07, 6.45) is 1.08. The van der Waals surface area contributed by atoms with Gasteiger partial charge in [0.1, 0.15) is 0 Å². The van der Waals surface area contributed by atoms with Crippen molar-refractivity contribution in [2.75, 3.05) is 26.2 Å². The summed E-state index contributed by atoms with van der Waals surface area (Å²) in [6.45, 7) is 6.82. The van der Waals surface area contributed by atoms with Crippen molar-refractivity contribution in [3.63, 3.8) is 0 Å². The first-order valence-electron chi connectivity index (χ1n) is 9.12. The summed E-state index contributed by atoms with van der Waals surface area (Å²) < 4.78 is 1.59. The van der Waals surface area contributed by atoms with Crippen LogP contribution >= 0.6 is 0 Å². The van der Waals surface area contributed by atoms with Crippen molar-refractivity contribution >= 4 is 5.91 Å². The standard InChI is InChI=1S/C20H26N4O2/c1-15-12-16(2)24(20(26)22-15)11-9-21-19(25)14-23-10-8-18(13-23)17-6-4-3-5-7-17/h3-7,12,18H,8-11,13-14H2,1-2H3,(H,21,25)/t18-/m1/s1. The average molecular weight is 354 g/mol. The topological polar surface area (TPSA) is 67.2 Å². The van der Waals surface area contributed by atoms with Crippen LogP contribution in [-0.4, -0.2) is 46.5 Å². The van der Waals surface area contributed by atoms with Crippen LogP contribution in [0.1, 0.15) is 29.3 Å². The van der Waals surface area contributed by atoms with Crippen molar-refractivity contribution in [3.8, 4) is 0 Å². The normalized spacial score (nSPS) is 17.4. The number of aryl methyl sites for hydroxylation is 2. The number of nitrogens with zero attached hydrogens (tertiary/aromatic N) is 3. The number of rotatable bonds is 6. The van der Waals surface area contributed by atoms with Crippen molar-refractivity contribution in [1.82, 2.24) is 19.8 Å². The number of amides is 1. The lowest BCUT2D eigenvalue weighted by molar-refractivity contribution is -0.122. The first kappa shape index (κ1) is 18.3. The summed E-state index contributed by atoms with van der Waals surface area (Å²) in [5.41, 5.74) is 2.66. The lowest BCUT2D eigenvalue weighted by Gasteiger charge is -2.16. The van der Waals surface area contributed by atoms with E-state index in [1.165, 1.54) is 5.56 Å². The number of nitrogens with one attached hydrogen (secondary N) is 1. The first-order valence-corrected chi connectivity index (χ1v) is 9.12. The summed E-state index contributed by atoms with van der Waals surface area (Å²) in [5, 5.41) is 2.91. The minimum absolute atomic E-state index is 0.00415. The number of hydrogen-bond donors (Lipinski definition) is 1. The van der Waals surface area contributed by atoms with E-state index in [4.69, 9.17) is 0 Å². The predicted octanol–water partition coefficient (Wildman–Crippen LogP) is 1.47. The maximum Gasteiger partial charge on any atom is 0.348 e. The Labute approximate surface area is 153 Å². The molecule has 0 bridgehead atoms. The van der Waals surface area contributed by atoms with Gasteiger partial charge >= 0.3 is 5.69 Å². The molecule has 0 unspecified atom stereocenters. The zero-order valence-electron chi connectivity index (χ0n) is 15.4. The molecule has 1 fully saturated rings. The highest BCUT2D eigenvalue weighted by atomic mass is 16.2. The zero-order chi connectivity index (χ0) is 18.5. The molecule has 1 amide bonds. The Kier molecular flexibility index (Phi) is 5.83. The second-order valence-electron chi connectivity index (χ2n) is 6.95. The summed E-state index contributed by atoms with van der Waals surface area (Å²) in [6, 6.07) is 12.3. The summed E-state index contributed by atoms with van der Waals surface area (Å²) in [4.78, 5) is 30.2. The zero-order valence-corrected chi connectivity index (χ0v) is 15.4. The van der Waals surface area contributed by atoms with Crippen LogP contribution in [0.4, 0.5) is 0 Å². The molecule has 6 heteroatoms. The fourth-order valence-corrected chi connectivity index (χ4v) is 3.59. The lowest BCUT2D eigenvalue weighted by atomic mass is 9.99. The van der Waals surface area contributed by atoms with Gasteiger partial charge in [-0.25, -0.2) is 4.79 Å². The molecule has 1 aromatic carbocycles. The Morgan fingerprint density at radius 3 is 2.77 bits per heavy atom. The van der Waals surface area contributed by atoms with Gasteiger partial charge in [0.05, 0.1) is 6.54 Å². The van der Waals surface area contributed by atoms with Gasteiger partial charge in [0.15, 0.2) is 0 Å². The molecular weight excluding hydrogens is 328 g/mol. The van der Waals surface area contributed by atoms with Crippen molar-refractivity contribution in [1.29, 1.82) is 0 Å². The fourth-order valence-electron chi connectivity index (χ4n) is 3.59. The molecule has 1 aliphatic rings. The highest BCUT2D eigenvalue weighted by Crippen LogP contribution is 2.26. The second kappa shape index (κ2) is 8.27. The van der Waals surface area contributed by atoms with Gasteiger partial charge in [0.2, 0.25) is 5.91 Å². The third-order valence-corrected chi connectivity index (χ3v) is 4.91. The van der Waals surface area contributed by atoms with Crippen LogP contribution in [0, 0.1) is 13.8 Å². The quantitative estimate of drug-likeness (QED) is 0.853. The van der Waals surface area contributed by atoms with Crippen LogP contribution in [0.5, 0.6) is 0 Å². The number of carbonyl (C=O) groups is 1. The van der Waals surface area contributed by atoms with E-state index in [0.717, 1.165) is 30.9 Å². The van der Waals surface area contributed by atoms with Crippen molar-refractivity contribution in [2.45, 2.75) is 32.7 Å². The van der Waals surface area contributed by atoms with E-state index in [1.54, 1.807) is 11.5 Å². The van der Waals surface area contributed by atoms with E-state index in [9.17, 15) is 9.59 Å². The van der Waals surface area contributed by atoms with Gasteiger partial charge in [-0.2, -0.15) is 4.98 Å². The highest BCUT2D eigenvalue weighted by Gasteiger charge is 2.24. The molecule has 0 radical (unpaired) electrons. The van der Waals surface area contributed by atoms with Gasteiger partial charge in [0, 0.05) is 31.0 Å². The van der Waals surface area contributed by atoms with E-state index in [2.05, 4.69) is 39.5 Å². The number of carbonyl (C=O) groups excluding carboxylic acids is 1. The second-order valence-corrected chi connectivity index (χ2v) is 6.95. The van der Waals surface area contributed by atoms with Crippen LogP contribution in [0.15, 0.2) is 41.2 Å². The van der Waals surface area contributed by atoms with E-state index in [0.29, 0.717) is 25.6 Å². The van der Waals surface area contributed by atoms with Crippen LogP contribution in [0.25, 0.3) is 0 Å². The maximum absolute atomic E-state index is 12.2. The molecule has 2 heterocycles. The van der Waals surface area contributed by atoms with Crippen molar-refractivity contribution < 1.29 is 4.79 Å². The fraction of sp³-hybridized carbons (Fsp3) is 0.450. The largest absolute Gasteiger partial charge is 0.353 e. The van der Waals surface area contributed by atoms with Crippen molar-refractivity contribution in [3.05, 3.63) is 63.8 Å². The van der Waals surface area contributed by atoms with Crippen LogP contribution in [-0.2, 0) is 11.3 Å². The Balaban J connectivity index is 1.45. The predicted molar refractivity (Wildman–Crippen MR) is 101 cm³/mol. The number of hydrogen-bond acceptors (Lipinski definition) is 4. The van der Waals surface area contributed by atoms with Gasteiger partial charge in [0.25, 0.3) is 0 Å². The molecule has 3 rings (SSSR count). The summed E-state index contributed by atoms with van der Waals surface area (Å²) in [5.74, 6) is 0.508. The molecule has 138 valence electrons. The number of aromatic nitrogens is 2. The molecule has 0 aliphatic carbocycles. The Morgan fingerprint density at radius 2 is 2.04 bits per heavy atom. The number of benzene rings is 1. The van der Waals surface area contributed by atoms with Crippen LogP contribution in [0.3, 0.4) is 0 Å². The molecule has 1 saturated heterocycles. The van der Waals surface area contributed by atoms with Gasteiger partial charge in [-0.1, -0.05) is 30.3 Å². The lowest BCUT2D eigenvalue weighted by Crippen LogP contribution is -2.38. The molecule has 1 N–H and O–H groups in total. The molecule has 0 spiro atoms. The Bertz CT molecular complexity index is 816. The van der Waals surface area contributed by atoms with Crippen LogP contribution in [0.2, 0.25) is 0 Å². The molecular formula is C20H26N4O2. The SMILES string of the molecule is Cc1cc(C)n(CCNC(=O)CN2CC[C@@H](c3ccccc3)C2)c(=O)n1. The van der Waals surface area contributed by atoms with Gasteiger partial charge < -0.3 is 5.32 Å². The Hall–Kier alpha value is -2.47. The Morgan fingerprint density at radius 1 is 1.27 bits per heavy atom. The highest BCUT2D eigenvalue weighted by molar-refractivity contribution is 5.78. The molecule has 0 saturated carbocycles. The molecule has 1 aromatic heterocycles. The van der Waals surface area contributed by atoms with Crippen LogP contribution < -0.4 is 11.0 Å². The van der Waals surface area contributed by atoms with Gasteiger partial charge in [-0.15, -0.1) is 0 Å². The summed E-state index contributed by atoms with van der Waals surface area (Å²) in [7, 11) is 0. The average Bonchev–Trinajstić information content (AvgIpc) is 3.06. The number of likely N-dealkylation sites (tertiary alicyclic amines) is 1. The molecule has 6 nitrogen and oxygen atoms in total. The smallest absolute Gasteiger partial charge is 0.348 e. The van der Waals surface area contributed by atoms with E-state index in [-0.39, 0.29) is 11.6 Å². The van der Waals surface area contributed by atoms with Gasteiger partial charge in [-0.05, 0) is 44.4 Å². The third kappa shape index (κ3) is 4.58. The van der Waals surface area contributed by atoms with Crippen molar-refractivity contribution in [2.24, 2.45) is 0 Å². The van der Waals surface area contributed by atoms with E-state index >= 15 is 0 Å². The van der Waals surface area contributed by atoms with Gasteiger partial charge in [-0.3, -0.25) is 14.3 Å². The summed E-state index contributed by atoms with van der Waals surface area (Å²) >= 11 is 0. The van der Waals surface area contributed by atoms with E-state index < -0.39 is 0 Å². The van der Waals surface area contributed by atoms with E-state index in [1.807, 2.05) is 19.1 Å². The minimum Gasteiger partial charge on any atom is -0.353 e. The first-order chi connectivity index (χ1) is 12.5. The maximum atomic E-state index is 12.2. The molecule has 2 aromatic rings.